The Morgan fingerprint density at radius 3 is 2.39 bits per heavy atom. The summed E-state index contributed by atoms with van der Waals surface area (Å²) < 4.78 is 6.04. The van der Waals surface area contributed by atoms with Crippen LogP contribution in [0, 0.1) is 6.92 Å². The first-order valence-corrected chi connectivity index (χ1v) is 12.6. The van der Waals surface area contributed by atoms with Crippen molar-refractivity contribution in [1.29, 1.82) is 0 Å². The average molecular weight is 388 g/mol. The summed E-state index contributed by atoms with van der Waals surface area (Å²) in [6.07, 6.45) is 0. The van der Waals surface area contributed by atoms with Crippen molar-refractivity contribution in [3.05, 3.63) is 64.5 Å². The van der Waals surface area contributed by atoms with Crippen LogP contribution in [-0.2, 0) is 0 Å². The van der Waals surface area contributed by atoms with Crippen molar-refractivity contribution in [2.24, 2.45) is 5.11 Å². The highest BCUT2D eigenvalue weighted by Gasteiger charge is 2.22. The molecular weight excluding hydrogens is 366 g/mol. The van der Waals surface area contributed by atoms with Gasteiger partial charge < -0.3 is 9.53 Å². The lowest BCUT2D eigenvalue weighted by Crippen LogP contribution is -2.29. The van der Waals surface area contributed by atoms with E-state index in [9.17, 15) is 5.11 Å². The molecule has 0 aliphatic heterocycles. The minimum Gasteiger partial charge on any atom is -0.542 e. The maximum atomic E-state index is 10.9. The maximum Gasteiger partial charge on any atom is 0.242 e. The monoisotopic (exact) mass is 387 g/mol. The molecule has 140 valence electrons. The molecule has 28 heavy (non-hydrogen) atoms. The Morgan fingerprint density at radius 2 is 1.68 bits per heavy atom. The van der Waals surface area contributed by atoms with E-state index in [1.54, 1.807) is 6.07 Å². The third-order valence-electron chi connectivity index (χ3n) is 4.90. The standard InChI is InChI=1S/C22H21N3O2Si/c1-13-15-8-6-5-7-14(15)11-18-16(13)9-10-17-21(18)19(24-25-23)12-20(22(17)26)27-28(2,3)4/h5-12,26H,1-4H3. The smallest absolute Gasteiger partial charge is 0.242 e. The number of benzene rings is 4. The zero-order valence-corrected chi connectivity index (χ0v) is 17.3. The van der Waals surface area contributed by atoms with Gasteiger partial charge >= 0.3 is 0 Å². The van der Waals surface area contributed by atoms with Crippen molar-refractivity contribution in [3.63, 3.8) is 0 Å². The molecule has 4 aromatic carbocycles. The Kier molecular flexibility index (Phi) is 4.18. The molecule has 0 unspecified atom stereocenters. The fourth-order valence-corrected chi connectivity index (χ4v) is 4.58. The lowest BCUT2D eigenvalue weighted by Gasteiger charge is -2.22. The fraction of sp³-hybridized carbons (Fsp3) is 0.182. The summed E-state index contributed by atoms with van der Waals surface area (Å²) in [4.78, 5) is 3.01. The first kappa shape index (κ1) is 18.2. The molecule has 4 rings (SSSR count). The maximum absolute atomic E-state index is 10.9. The molecule has 0 aliphatic carbocycles. The van der Waals surface area contributed by atoms with E-state index in [0.29, 0.717) is 16.8 Å². The number of hydrogen-bond acceptors (Lipinski definition) is 3. The van der Waals surface area contributed by atoms with Crippen LogP contribution in [0.2, 0.25) is 19.6 Å². The molecule has 0 saturated carbocycles. The van der Waals surface area contributed by atoms with Gasteiger partial charge in [0.05, 0.1) is 0 Å². The second-order valence-corrected chi connectivity index (χ2v) is 12.4. The Balaban J connectivity index is 2.18. The van der Waals surface area contributed by atoms with E-state index >= 15 is 0 Å². The summed E-state index contributed by atoms with van der Waals surface area (Å²) in [5.41, 5.74) is 10.8. The van der Waals surface area contributed by atoms with Crippen LogP contribution in [0.4, 0.5) is 5.69 Å². The normalized spacial score (nSPS) is 11.7. The highest BCUT2D eigenvalue weighted by Crippen LogP contribution is 2.46. The summed E-state index contributed by atoms with van der Waals surface area (Å²) in [6.45, 7) is 8.21. The van der Waals surface area contributed by atoms with Crippen molar-refractivity contribution in [2.75, 3.05) is 0 Å². The first-order valence-electron chi connectivity index (χ1n) is 9.15. The predicted molar refractivity (Wildman–Crippen MR) is 118 cm³/mol. The summed E-state index contributed by atoms with van der Waals surface area (Å²) in [6, 6.07) is 15.8. The molecule has 5 nitrogen and oxygen atoms in total. The molecule has 0 fully saturated rings. The van der Waals surface area contributed by atoms with Crippen molar-refractivity contribution in [1.82, 2.24) is 0 Å². The van der Waals surface area contributed by atoms with Crippen LogP contribution in [0.25, 0.3) is 42.8 Å². The van der Waals surface area contributed by atoms with Gasteiger partial charge in [-0.05, 0) is 77.4 Å². The minimum atomic E-state index is -1.96. The van der Waals surface area contributed by atoms with Crippen LogP contribution in [0.3, 0.4) is 0 Å². The molecule has 0 radical (unpaired) electrons. The molecule has 0 bridgehead atoms. The van der Waals surface area contributed by atoms with Gasteiger partial charge in [-0.2, -0.15) is 0 Å². The first-order chi connectivity index (χ1) is 13.3. The van der Waals surface area contributed by atoms with Gasteiger partial charge in [-0.3, -0.25) is 0 Å². The van der Waals surface area contributed by atoms with Gasteiger partial charge in [-0.25, -0.2) is 0 Å². The van der Waals surface area contributed by atoms with Crippen LogP contribution in [-0.4, -0.2) is 13.4 Å². The van der Waals surface area contributed by atoms with Crippen molar-refractivity contribution in [2.45, 2.75) is 26.6 Å². The third kappa shape index (κ3) is 2.93. The van der Waals surface area contributed by atoms with E-state index in [4.69, 9.17) is 9.96 Å². The SMILES string of the molecule is Cc1c2ccccc2cc2c1ccc1c(O)c(O[Si](C)(C)C)cc(N=[N+]=[N-])c12. The van der Waals surface area contributed by atoms with Crippen molar-refractivity contribution >= 4 is 46.3 Å². The van der Waals surface area contributed by atoms with Crippen LogP contribution in [0.1, 0.15) is 5.56 Å². The van der Waals surface area contributed by atoms with Crippen LogP contribution in [0.15, 0.2) is 53.6 Å². The zero-order chi connectivity index (χ0) is 20.1. The third-order valence-corrected chi connectivity index (χ3v) is 5.73. The molecule has 0 saturated heterocycles. The minimum absolute atomic E-state index is 0.0852. The summed E-state index contributed by atoms with van der Waals surface area (Å²) in [7, 11) is -1.96. The number of phenolic OH excluding ortho intramolecular Hbond substituents is 1. The van der Waals surface area contributed by atoms with E-state index in [0.717, 1.165) is 27.1 Å². The Hall–Kier alpha value is -3.21. The number of hydrogen-bond donors (Lipinski definition) is 1. The van der Waals surface area contributed by atoms with E-state index in [-0.39, 0.29) is 5.75 Å². The second kappa shape index (κ2) is 6.44. The van der Waals surface area contributed by atoms with Crippen molar-refractivity contribution < 1.29 is 9.53 Å². The Labute approximate surface area is 163 Å². The molecule has 0 atom stereocenters. The quantitative estimate of drug-likeness (QED) is 0.0998. The van der Waals surface area contributed by atoms with E-state index in [2.05, 4.69) is 35.1 Å². The van der Waals surface area contributed by atoms with E-state index in [1.165, 1.54) is 5.39 Å². The predicted octanol–water partition coefficient (Wildman–Crippen LogP) is 7.32. The van der Waals surface area contributed by atoms with Crippen molar-refractivity contribution in [3.8, 4) is 11.5 Å². The number of phenols is 1. The van der Waals surface area contributed by atoms with Gasteiger partial charge in [0.15, 0.2) is 5.75 Å². The van der Waals surface area contributed by atoms with E-state index < -0.39 is 8.32 Å². The van der Waals surface area contributed by atoms with Gasteiger partial charge in [0.25, 0.3) is 0 Å². The number of rotatable bonds is 3. The highest BCUT2D eigenvalue weighted by atomic mass is 28.4. The lowest BCUT2D eigenvalue weighted by atomic mass is 9.93. The molecule has 0 aromatic heterocycles. The largest absolute Gasteiger partial charge is 0.542 e. The summed E-state index contributed by atoms with van der Waals surface area (Å²) in [5.74, 6) is 0.452. The van der Waals surface area contributed by atoms with Crippen LogP contribution >= 0.6 is 0 Å². The second-order valence-electron chi connectivity index (χ2n) is 7.95. The molecule has 1 N–H and O–H groups in total. The summed E-state index contributed by atoms with van der Waals surface area (Å²) >= 11 is 0. The van der Waals surface area contributed by atoms with Gasteiger partial charge in [-0.15, -0.1) is 0 Å². The molecule has 0 amide bonds. The zero-order valence-electron chi connectivity index (χ0n) is 16.3. The molecule has 4 aromatic rings. The average Bonchev–Trinajstić information content (AvgIpc) is 2.64. The Morgan fingerprint density at radius 1 is 0.964 bits per heavy atom. The molecule has 6 heteroatoms. The summed E-state index contributed by atoms with van der Waals surface area (Å²) in [5, 5.41) is 20.5. The van der Waals surface area contributed by atoms with Gasteiger partial charge in [0, 0.05) is 21.4 Å². The van der Waals surface area contributed by atoms with Crippen LogP contribution < -0.4 is 4.43 Å². The molecule has 0 spiro atoms. The van der Waals surface area contributed by atoms with Gasteiger partial charge in [0.1, 0.15) is 5.75 Å². The molecule has 0 heterocycles. The van der Waals surface area contributed by atoms with Gasteiger partial charge in [0.2, 0.25) is 8.32 Å². The molecular formula is C22H21N3O2Si. The van der Waals surface area contributed by atoms with E-state index in [1.807, 2.05) is 43.9 Å². The van der Waals surface area contributed by atoms with Crippen LogP contribution in [0.5, 0.6) is 11.5 Å². The Bertz CT molecular complexity index is 1300. The number of nitrogens with zero attached hydrogens (tertiary/aromatic N) is 3. The number of aryl methyl sites for hydroxylation is 1. The topological polar surface area (TPSA) is 78.2 Å². The molecule has 0 aliphatic rings. The lowest BCUT2D eigenvalue weighted by molar-refractivity contribution is 0.442. The highest BCUT2D eigenvalue weighted by molar-refractivity contribution is 6.70. The number of azide groups is 1. The number of aromatic hydroxyl groups is 1. The fourth-order valence-electron chi connectivity index (χ4n) is 3.77. The van der Waals surface area contributed by atoms with Gasteiger partial charge in [-0.1, -0.05) is 35.4 Å². The number of fused-ring (bicyclic) bond motifs is 4.